The summed E-state index contributed by atoms with van der Waals surface area (Å²) >= 11 is 3.09. The van der Waals surface area contributed by atoms with Crippen LogP contribution in [0.25, 0.3) is 10.7 Å². The zero-order valence-electron chi connectivity index (χ0n) is 19.0. The van der Waals surface area contributed by atoms with Crippen LogP contribution < -0.4 is 5.32 Å². The van der Waals surface area contributed by atoms with Gasteiger partial charge in [0.15, 0.2) is 11.0 Å². The van der Waals surface area contributed by atoms with Crippen LogP contribution in [0.15, 0.2) is 40.9 Å². The highest BCUT2D eigenvalue weighted by molar-refractivity contribution is 7.99. The number of carbonyl (C=O) groups is 1. The summed E-state index contributed by atoms with van der Waals surface area (Å²) in [5, 5.41) is 14.8. The molecular weight excluding hydrogens is 452 g/mol. The molecule has 3 aromatic rings. The van der Waals surface area contributed by atoms with Crippen molar-refractivity contribution in [1.29, 1.82) is 0 Å². The van der Waals surface area contributed by atoms with Crippen molar-refractivity contribution in [2.24, 2.45) is 0 Å². The van der Waals surface area contributed by atoms with Gasteiger partial charge in [0.2, 0.25) is 5.91 Å². The maximum atomic E-state index is 12.8. The Morgan fingerprint density at radius 1 is 1.24 bits per heavy atom. The Morgan fingerprint density at radius 2 is 2.12 bits per heavy atom. The van der Waals surface area contributed by atoms with Crippen LogP contribution in [0.1, 0.15) is 55.3 Å². The van der Waals surface area contributed by atoms with Crippen molar-refractivity contribution in [2.45, 2.75) is 69.3 Å². The van der Waals surface area contributed by atoms with Gasteiger partial charge in [0.25, 0.3) is 0 Å². The van der Waals surface area contributed by atoms with Crippen molar-refractivity contribution in [3.8, 4) is 10.7 Å². The minimum Gasteiger partial charge on any atom is -0.376 e. The van der Waals surface area contributed by atoms with Crippen molar-refractivity contribution >= 4 is 29.0 Å². The van der Waals surface area contributed by atoms with Gasteiger partial charge in [-0.15, -0.1) is 21.5 Å². The Hall–Kier alpha value is -2.16. The summed E-state index contributed by atoms with van der Waals surface area (Å²) in [6, 6.07) is 10.7. The molecule has 1 aliphatic heterocycles. The zero-order valence-corrected chi connectivity index (χ0v) is 20.6. The van der Waals surface area contributed by atoms with E-state index in [2.05, 4.69) is 51.3 Å². The van der Waals surface area contributed by atoms with Gasteiger partial charge in [-0.25, -0.2) is 0 Å². The quantitative estimate of drug-likeness (QED) is 0.456. The first kappa shape index (κ1) is 22.6. The van der Waals surface area contributed by atoms with Crippen LogP contribution in [0.2, 0.25) is 0 Å². The van der Waals surface area contributed by atoms with Gasteiger partial charge in [-0.1, -0.05) is 36.0 Å². The van der Waals surface area contributed by atoms with E-state index in [9.17, 15) is 4.79 Å². The molecular formula is C25H30N4O2S2. The van der Waals surface area contributed by atoms with Crippen LogP contribution in [0.5, 0.6) is 0 Å². The Morgan fingerprint density at radius 3 is 2.91 bits per heavy atom. The van der Waals surface area contributed by atoms with Crippen LogP contribution in [0.3, 0.4) is 0 Å². The normalized spacial score (nSPS) is 18.8. The molecule has 1 amide bonds. The summed E-state index contributed by atoms with van der Waals surface area (Å²) in [6.07, 6.45) is 7.17. The average Bonchev–Trinajstić information content (AvgIpc) is 3.60. The van der Waals surface area contributed by atoms with Crippen molar-refractivity contribution in [3.05, 3.63) is 52.4 Å². The highest BCUT2D eigenvalue weighted by Crippen LogP contribution is 2.29. The van der Waals surface area contributed by atoms with Gasteiger partial charge in [0.1, 0.15) is 0 Å². The standard InChI is InChI=1S/C25H30N4O2S2/c1-17(19-11-10-18-6-2-3-7-20(18)14-19)26-23(30)16-33-25-28-27-24(22-9-5-13-32-22)29(25)15-21-8-4-12-31-21/h5,9-11,13-14,17,21H,2-4,6-8,12,15-16H2,1H3,(H,26,30). The van der Waals surface area contributed by atoms with Crippen molar-refractivity contribution < 1.29 is 9.53 Å². The van der Waals surface area contributed by atoms with Crippen LogP contribution in [-0.4, -0.2) is 39.1 Å². The number of hydrogen-bond donors (Lipinski definition) is 1. The number of hydrogen-bond acceptors (Lipinski definition) is 6. The predicted octanol–water partition coefficient (Wildman–Crippen LogP) is 5.03. The van der Waals surface area contributed by atoms with E-state index >= 15 is 0 Å². The number of rotatable bonds is 8. The Kier molecular flexibility index (Phi) is 7.13. The van der Waals surface area contributed by atoms with Crippen LogP contribution in [0.4, 0.5) is 0 Å². The molecule has 1 fully saturated rings. The molecule has 174 valence electrons. The van der Waals surface area contributed by atoms with E-state index < -0.39 is 0 Å². The lowest BCUT2D eigenvalue weighted by molar-refractivity contribution is -0.119. The topological polar surface area (TPSA) is 69.0 Å². The summed E-state index contributed by atoms with van der Waals surface area (Å²) in [5.74, 6) is 1.17. The fourth-order valence-electron chi connectivity index (χ4n) is 4.66. The van der Waals surface area contributed by atoms with Crippen molar-refractivity contribution in [1.82, 2.24) is 20.1 Å². The second-order valence-corrected chi connectivity index (χ2v) is 10.7. The number of benzene rings is 1. The van der Waals surface area contributed by atoms with Gasteiger partial charge < -0.3 is 10.1 Å². The Balaban J connectivity index is 1.23. The number of aromatic nitrogens is 3. The largest absolute Gasteiger partial charge is 0.376 e. The molecule has 0 spiro atoms. The molecule has 2 aromatic heterocycles. The zero-order chi connectivity index (χ0) is 22.6. The third kappa shape index (κ3) is 5.34. The summed E-state index contributed by atoms with van der Waals surface area (Å²) in [6.45, 7) is 3.59. The van der Waals surface area contributed by atoms with Gasteiger partial charge in [-0.2, -0.15) is 0 Å². The van der Waals surface area contributed by atoms with Crippen molar-refractivity contribution in [2.75, 3.05) is 12.4 Å². The number of nitrogens with zero attached hydrogens (tertiary/aromatic N) is 3. The lowest BCUT2D eigenvalue weighted by atomic mass is 9.89. The summed E-state index contributed by atoms with van der Waals surface area (Å²) in [5.41, 5.74) is 4.08. The molecule has 1 aliphatic carbocycles. The van der Waals surface area contributed by atoms with E-state index in [4.69, 9.17) is 4.74 Å². The van der Waals surface area contributed by atoms with Crippen LogP contribution in [0, 0.1) is 0 Å². The van der Waals surface area contributed by atoms with Crippen LogP contribution in [-0.2, 0) is 28.9 Å². The molecule has 1 N–H and O–H groups in total. The molecule has 6 nitrogen and oxygen atoms in total. The first-order valence-corrected chi connectivity index (χ1v) is 13.7. The number of thioether (sulfide) groups is 1. The predicted molar refractivity (Wildman–Crippen MR) is 133 cm³/mol. The van der Waals surface area contributed by atoms with Gasteiger partial charge in [-0.05, 0) is 73.6 Å². The molecule has 3 heterocycles. The molecule has 5 rings (SSSR count). The second-order valence-electron chi connectivity index (χ2n) is 8.84. The molecule has 33 heavy (non-hydrogen) atoms. The number of fused-ring (bicyclic) bond motifs is 1. The summed E-state index contributed by atoms with van der Waals surface area (Å²) in [4.78, 5) is 13.8. The van der Waals surface area contributed by atoms with E-state index in [1.165, 1.54) is 47.7 Å². The van der Waals surface area contributed by atoms with Crippen LogP contribution >= 0.6 is 23.1 Å². The summed E-state index contributed by atoms with van der Waals surface area (Å²) in [7, 11) is 0. The minimum absolute atomic E-state index is 0.00885. The molecule has 0 bridgehead atoms. The first-order valence-electron chi connectivity index (χ1n) is 11.8. The number of aryl methyl sites for hydroxylation is 2. The lowest BCUT2D eigenvalue weighted by Crippen LogP contribution is -2.28. The molecule has 2 atom stereocenters. The second kappa shape index (κ2) is 10.4. The number of carbonyl (C=O) groups excluding carboxylic acids is 1. The number of nitrogens with one attached hydrogen (secondary N) is 1. The van der Waals surface area contributed by atoms with Crippen molar-refractivity contribution in [3.63, 3.8) is 0 Å². The third-order valence-electron chi connectivity index (χ3n) is 6.45. The molecule has 0 saturated carbocycles. The van der Waals surface area contributed by atoms with E-state index in [0.29, 0.717) is 5.75 Å². The summed E-state index contributed by atoms with van der Waals surface area (Å²) < 4.78 is 7.98. The molecule has 2 aliphatic rings. The maximum Gasteiger partial charge on any atom is 0.230 e. The van der Waals surface area contributed by atoms with E-state index in [-0.39, 0.29) is 18.1 Å². The van der Waals surface area contributed by atoms with E-state index in [0.717, 1.165) is 48.3 Å². The van der Waals surface area contributed by atoms with Gasteiger partial charge in [0, 0.05) is 6.61 Å². The van der Waals surface area contributed by atoms with Gasteiger partial charge >= 0.3 is 0 Å². The minimum atomic E-state index is -0.0169. The maximum absolute atomic E-state index is 12.8. The van der Waals surface area contributed by atoms with E-state index in [1.807, 2.05) is 11.4 Å². The SMILES string of the molecule is CC(NC(=O)CSc1nnc(-c2cccs2)n1CC1CCCO1)c1ccc2c(c1)CCCC2. The fourth-order valence-corrected chi connectivity index (χ4v) is 6.14. The highest BCUT2D eigenvalue weighted by Gasteiger charge is 2.23. The third-order valence-corrected chi connectivity index (χ3v) is 8.28. The Bertz CT molecular complexity index is 1090. The molecule has 1 aromatic carbocycles. The number of amides is 1. The lowest BCUT2D eigenvalue weighted by Gasteiger charge is -2.20. The average molecular weight is 483 g/mol. The molecule has 2 unspecified atom stereocenters. The van der Waals surface area contributed by atoms with E-state index in [1.54, 1.807) is 11.3 Å². The smallest absolute Gasteiger partial charge is 0.230 e. The van der Waals surface area contributed by atoms with Gasteiger partial charge in [0.05, 0.1) is 29.3 Å². The number of ether oxygens (including phenoxy) is 1. The molecule has 1 saturated heterocycles. The monoisotopic (exact) mass is 482 g/mol. The molecule has 8 heteroatoms. The number of thiophene rings is 1. The Labute approximate surface area is 203 Å². The molecule has 0 radical (unpaired) electrons. The van der Waals surface area contributed by atoms with Gasteiger partial charge in [-0.3, -0.25) is 9.36 Å². The fraction of sp³-hybridized carbons (Fsp3) is 0.480. The highest BCUT2D eigenvalue weighted by atomic mass is 32.2. The first-order chi connectivity index (χ1) is 16.2.